The quantitative estimate of drug-likeness (QED) is 0.620. The highest BCUT2D eigenvalue weighted by Gasteiger charge is 2.22. The van der Waals surface area contributed by atoms with Gasteiger partial charge in [-0.05, 0) is 11.6 Å². The number of rotatable bonds is 2. The van der Waals surface area contributed by atoms with E-state index in [0.29, 0.717) is 5.56 Å². The highest BCUT2D eigenvalue weighted by Crippen LogP contribution is 2.30. The van der Waals surface area contributed by atoms with E-state index in [1.54, 1.807) is 6.07 Å². The highest BCUT2D eigenvalue weighted by molar-refractivity contribution is 8.13. The van der Waals surface area contributed by atoms with E-state index in [-0.39, 0.29) is 21.4 Å². The predicted molar refractivity (Wildman–Crippen MR) is 58.8 cm³/mol. The Balaban J connectivity index is 3.71. The first kappa shape index (κ1) is 12.6. The van der Waals surface area contributed by atoms with Crippen molar-refractivity contribution in [1.82, 2.24) is 0 Å². The average molecular weight is 285 g/mol. The largest absolute Gasteiger partial charge is 0.264 e. The molecule has 80 valence electrons. The summed E-state index contributed by atoms with van der Waals surface area (Å²) in [7, 11) is 1.12. The summed E-state index contributed by atoms with van der Waals surface area (Å²) < 4.78 is 22.4. The van der Waals surface area contributed by atoms with Crippen LogP contribution in [0, 0.1) is 11.3 Å². The molecule has 0 unspecified atom stereocenters. The minimum atomic E-state index is -4.05. The van der Waals surface area contributed by atoms with Gasteiger partial charge in [0, 0.05) is 16.6 Å². The third kappa shape index (κ3) is 2.56. The van der Waals surface area contributed by atoms with Gasteiger partial charge in [-0.25, -0.2) is 8.42 Å². The summed E-state index contributed by atoms with van der Waals surface area (Å²) >= 11 is 11.2. The Morgan fingerprint density at radius 1 is 1.40 bits per heavy atom. The molecule has 0 heterocycles. The third-order valence-electron chi connectivity index (χ3n) is 1.70. The van der Waals surface area contributed by atoms with Crippen LogP contribution in [0.3, 0.4) is 0 Å². The lowest BCUT2D eigenvalue weighted by Crippen LogP contribution is -2.00. The standard InChI is InChI=1S/C8H4Cl3NO2S/c9-3-5-1-2-7(10)8(6(5)4-12)15(11,13)14/h1-2H,3H2. The van der Waals surface area contributed by atoms with Gasteiger partial charge in [0.2, 0.25) is 0 Å². The second-order valence-corrected chi connectivity index (χ2v) is 5.77. The molecule has 7 heteroatoms. The van der Waals surface area contributed by atoms with Gasteiger partial charge < -0.3 is 0 Å². The lowest BCUT2D eigenvalue weighted by Gasteiger charge is -2.06. The normalized spacial score (nSPS) is 11.1. The molecule has 0 saturated carbocycles. The van der Waals surface area contributed by atoms with Crippen LogP contribution in [0.4, 0.5) is 0 Å². The SMILES string of the molecule is N#Cc1c(CCl)ccc(Cl)c1S(=O)(=O)Cl. The van der Waals surface area contributed by atoms with E-state index in [0.717, 1.165) is 0 Å². The van der Waals surface area contributed by atoms with Crippen molar-refractivity contribution < 1.29 is 8.42 Å². The zero-order valence-electron chi connectivity index (χ0n) is 7.17. The van der Waals surface area contributed by atoms with Gasteiger partial charge in [0.15, 0.2) is 0 Å². The van der Waals surface area contributed by atoms with Gasteiger partial charge in [0.1, 0.15) is 11.0 Å². The van der Waals surface area contributed by atoms with Crippen LogP contribution in [0.5, 0.6) is 0 Å². The number of nitriles is 1. The molecular formula is C8H4Cl3NO2S. The molecule has 0 aliphatic rings. The van der Waals surface area contributed by atoms with E-state index in [1.165, 1.54) is 12.1 Å². The molecule has 0 atom stereocenters. The molecule has 0 radical (unpaired) electrons. The van der Waals surface area contributed by atoms with E-state index in [2.05, 4.69) is 0 Å². The molecule has 0 bridgehead atoms. The van der Waals surface area contributed by atoms with Crippen molar-refractivity contribution in [2.75, 3.05) is 0 Å². The Kier molecular flexibility index (Phi) is 3.85. The van der Waals surface area contributed by atoms with Crippen LogP contribution in [0.1, 0.15) is 11.1 Å². The predicted octanol–water partition coefficient (Wildman–Crippen LogP) is 2.88. The molecule has 0 aromatic heterocycles. The molecule has 0 amide bonds. The van der Waals surface area contributed by atoms with Crippen LogP contribution in [0.2, 0.25) is 5.02 Å². The molecule has 0 spiro atoms. The first-order valence-electron chi connectivity index (χ1n) is 3.64. The van der Waals surface area contributed by atoms with Crippen LogP contribution in [-0.2, 0) is 14.9 Å². The Morgan fingerprint density at radius 3 is 2.40 bits per heavy atom. The average Bonchev–Trinajstić information content (AvgIpc) is 2.15. The fourth-order valence-electron chi connectivity index (χ4n) is 1.07. The lowest BCUT2D eigenvalue weighted by molar-refractivity contribution is 0.609. The summed E-state index contributed by atoms with van der Waals surface area (Å²) in [6.45, 7) is 0. The smallest absolute Gasteiger partial charge is 0.207 e. The molecule has 15 heavy (non-hydrogen) atoms. The van der Waals surface area contributed by atoms with Crippen molar-refractivity contribution in [3.05, 3.63) is 28.3 Å². The summed E-state index contributed by atoms with van der Waals surface area (Å²) in [6.07, 6.45) is 0. The van der Waals surface area contributed by atoms with Gasteiger partial charge in [-0.2, -0.15) is 5.26 Å². The van der Waals surface area contributed by atoms with Crippen molar-refractivity contribution in [3.63, 3.8) is 0 Å². The van der Waals surface area contributed by atoms with E-state index in [4.69, 9.17) is 39.1 Å². The van der Waals surface area contributed by atoms with Crippen LogP contribution >= 0.6 is 33.9 Å². The number of benzene rings is 1. The Hall–Kier alpha value is -0.470. The maximum atomic E-state index is 11.2. The number of hydrogen-bond donors (Lipinski definition) is 0. The van der Waals surface area contributed by atoms with E-state index < -0.39 is 9.05 Å². The summed E-state index contributed by atoms with van der Waals surface area (Å²) in [6, 6.07) is 4.56. The van der Waals surface area contributed by atoms with Gasteiger partial charge in [0.05, 0.1) is 10.6 Å². The fourth-order valence-corrected chi connectivity index (χ4v) is 3.08. The minimum Gasteiger partial charge on any atom is -0.207 e. The van der Waals surface area contributed by atoms with E-state index >= 15 is 0 Å². The lowest BCUT2D eigenvalue weighted by atomic mass is 10.1. The highest BCUT2D eigenvalue weighted by atomic mass is 35.7. The monoisotopic (exact) mass is 283 g/mol. The van der Waals surface area contributed by atoms with Crippen LogP contribution in [0.15, 0.2) is 17.0 Å². The molecule has 0 aliphatic heterocycles. The van der Waals surface area contributed by atoms with Crippen LogP contribution in [-0.4, -0.2) is 8.42 Å². The van der Waals surface area contributed by atoms with Gasteiger partial charge >= 0.3 is 0 Å². The molecule has 1 aromatic carbocycles. The first-order chi connectivity index (χ1) is 6.91. The van der Waals surface area contributed by atoms with E-state index in [9.17, 15) is 8.42 Å². The fraction of sp³-hybridized carbons (Fsp3) is 0.125. The molecule has 1 rings (SSSR count). The van der Waals surface area contributed by atoms with Crippen molar-refractivity contribution in [2.45, 2.75) is 10.8 Å². The Bertz CT molecular complexity index is 534. The van der Waals surface area contributed by atoms with Crippen molar-refractivity contribution in [2.24, 2.45) is 0 Å². The van der Waals surface area contributed by atoms with Crippen LogP contribution < -0.4 is 0 Å². The van der Waals surface area contributed by atoms with Gasteiger partial charge in [-0.3, -0.25) is 0 Å². The van der Waals surface area contributed by atoms with Crippen molar-refractivity contribution in [1.29, 1.82) is 5.26 Å². The maximum Gasteiger partial charge on any atom is 0.264 e. The van der Waals surface area contributed by atoms with E-state index in [1.807, 2.05) is 0 Å². The van der Waals surface area contributed by atoms with Crippen LogP contribution in [0.25, 0.3) is 0 Å². The van der Waals surface area contributed by atoms with Crippen molar-refractivity contribution in [3.8, 4) is 6.07 Å². The zero-order chi connectivity index (χ0) is 11.6. The maximum absolute atomic E-state index is 11.2. The minimum absolute atomic E-state index is 0.0134. The van der Waals surface area contributed by atoms with Gasteiger partial charge in [0.25, 0.3) is 9.05 Å². The Labute approximate surface area is 102 Å². The zero-order valence-corrected chi connectivity index (χ0v) is 10.3. The van der Waals surface area contributed by atoms with Crippen molar-refractivity contribution >= 4 is 42.9 Å². The second-order valence-electron chi connectivity index (χ2n) is 2.59. The number of alkyl halides is 1. The third-order valence-corrected chi connectivity index (χ3v) is 3.79. The summed E-state index contributed by atoms with van der Waals surface area (Å²) in [4.78, 5) is -0.383. The molecular weight excluding hydrogens is 281 g/mol. The summed E-state index contributed by atoms with van der Waals surface area (Å²) in [5.41, 5.74) is 0.273. The second kappa shape index (κ2) is 4.58. The first-order valence-corrected chi connectivity index (χ1v) is 6.86. The molecule has 0 N–H and O–H groups in total. The topological polar surface area (TPSA) is 57.9 Å². The summed E-state index contributed by atoms with van der Waals surface area (Å²) in [5, 5.41) is 8.74. The summed E-state index contributed by atoms with van der Waals surface area (Å²) in [5.74, 6) is 0.0134. The molecule has 0 fully saturated rings. The van der Waals surface area contributed by atoms with Gasteiger partial charge in [-0.1, -0.05) is 17.7 Å². The number of halogens is 3. The molecule has 3 nitrogen and oxygen atoms in total. The Morgan fingerprint density at radius 2 is 2.00 bits per heavy atom. The molecule has 0 aliphatic carbocycles. The number of hydrogen-bond acceptors (Lipinski definition) is 3. The molecule has 0 saturated heterocycles. The molecule has 1 aromatic rings. The van der Waals surface area contributed by atoms with Gasteiger partial charge in [-0.15, -0.1) is 11.6 Å². The number of nitrogens with zero attached hydrogens (tertiary/aromatic N) is 1.